The summed E-state index contributed by atoms with van der Waals surface area (Å²) in [6, 6.07) is 1.78. The van der Waals surface area contributed by atoms with Crippen molar-refractivity contribution in [2.75, 3.05) is 18.0 Å². The number of carbonyl (C=O) groups is 2. The van der Waals surface area contributed by atoms with Gasteiger partial charge in [-0.15, -0.1) is 0 Å². The second-order valence-electron chi connectivity index (χ2n) is 5.95. The number of hydrogen-bond donors (Lipinski definition) is 2. The van der Waals surface area contributed by atoms with E-state index in [4.69, 9.17) is 0 Å². The molecule has 0 saturated carbocycles. The number of piperidine rings is 1. The first-order valence-corrected chi connectivity index (χ1v) is 7.67. The van der Waals surface area contributed by atoms with Crippen LogP contribution < -0.4 is 15.8 Å². The van der Waals surface area contributed by atoms with Gasteiger partial charge in [-0.25, -0.2) is 9.97 Å². The van der Waals surface area contributed by atoms with Gasteiger partial charge >= 0.3 is 0 Å². The molecule has 120 valence electrons. The maximum atomic E-state index is 12.1. The van der Waals surface area contributed by atoms with Gasteiger partial charge in [0.2, 0.25) is 17.8 Å². The normalized spacial score (nSPS) is 15.7. The number of amides is 2. The topological polar surface area (TPSA) is 87.2 Å². The molecular formula is C15H23N5O2. The van der Waals surface area contributed by atoms with Gasteiger partial charge in [0, 0.05) is 37.8 Å². The van der Waals surface area contributed by atoms with E-state index in [9.17, 15) is 9.59 Å². The summed E-state index contributed by atoms with van der Waals surface area (Å²) >= 11 is 0. The van der Waals surface area contributed by atoms with Crippen LogP contribution in [0.4, 0.5) is 5.95 Å². The maximum absolute atomic E-state index is 12.1. The molecule has 2 amide bonds. The van der Waals surface area contributed by atoms with Gasteiger partial charge in [-0.2, -0.15) is 0 Å². The number of carbonyl (C=O) groups excluding carboxylic acids is 2. The van der Waals surface area contributed by atoms with E-state index in [1.54, 1.807) is 18.5 Å². The summed E-state index contributed by atoms with van der Waals surface area (Å²) in [5, 5.41) is 0. The minimum absolute atomic E-state index is 0.0840. The summed E-state index contributed by atoms with van der Waals surface area (Å²) in [6.07, 6.45) is 5.29. The molecule has 1 aliphatic heterocycles. The van der Waals surface area contributed by atoms with Gasteiger partial charge < -0.3 is 4.90 Å². The number of anilines is 1. The summed E-state index contributed by atoms with van der Waals surface area (Å²) in [7, 11) is 0. The van der Waals surface area contributed by atoms with Crippen LogP contribution in [-0.2, 0) is 9.59 Å². The van der Waals surface area contributed by atoms with E-state index in [2.05, 4.69) is 25.7 Å². The van der Waals surface area contributed by atoms with Crippen molar-refractivity contribution in [2.45, 2.75) is 33.1 Å². The third-order valence-electron chi connectivity index (χ3n) is 3.62. The van der Waals surface area contributed by atoms with Crippen molar-refractivity contribution in [1.29, 1.82) is 0 Å². The monoisotopic (exact) mass is 305 g/mol. The molecule has 1 aromatic rings. The molecule has 0 atom stereocenters. The van der Waals surface area contributed by atoms with Crippen LogP contribution in [0.2, 0.25) is 0 Å². The SMILES string of the molecule is CC(C)CC(=O)NNC(=O)C1CCN(c2ncccn2)CC1. The molecule has 0 spiro atoms. The lowest BCUT2D eigenvalue weighted by atomic mass is 9.96. The molecule has 0 radical (unpaired) electrons. The molecule has 2 rings (SSSR count). The van der Waals surface area contributed by atoms with Crippen molar-refractivity contribution in [1.82, 2.24) is 20.8 Å². The van der Waals surface area contributed by atoms with E-state index < -0.39 is 0 Å². The molecule has 2 N–H and O–H groups in total. The van der Waals surface area contributed by atoms with Crippen LogP contribution in [0, 0.1) is 11.8 Å². The molecule has 7 heteroatoms. The van der Waals surface area contributed by atoms with Crippen molar-refractivity contribution in [3.63, 3.8) is 0 Å². The van der Waals surface area contributed by atoms with Crippen molar-refractivity contribution < 1.29 is 9.59 Å². The van der Waals surface area contributed by atoms with E-state index in [1.165, 1.54) is 0 Å². The summed E-state index contributed by atoms with van der Waals surface area (Å²) in [5.41, 5.74) is 5.00. The number of nitrogens with one attached hydrogen (secondary N) is 2. The fourth-order valence-electron chi connectivity index (χ4n) is 2.45. The predicted octanol–water partition coefficient (Wildman–Crippen LogP) is 0.886. The molecule has 0 bridgehead atoms. The van der Waals surface area contributed by atoms with Crippen molar-refractivity contribution in [2.24, 2.45) is 11.8 Å². The molecule has 1 fully saturated rings. The zero-order valence-corrected chi connectivity index (χ0v) is 13.1. The molecule has 0 aromatic carbocycles. The summed E-state index contributed by atoms with van der Waals surface area (Å²) in [6.45, 7) is 5.40. The number of nitrogens with zero attached hydrogens (tertiary/aromatic N) is 3. The Balaban J connectivity index is 1.74. The van der Waals surface area contributed by atoms with Crippen LogP contribution in [-0.4, -0.2) is 34.9 Å². The van der Waals surface area contributed by atoms with E-state index in [0.29, 0.717) is 12.4 Å². The number of aromatic nitrogens is 2. The summed E-state index contributed by atoms with van der Waals surface area (Å²) in [5.74, 6) is 0.612. The average molecular weight is 305 g/mol. The van der Waals surface area contributed by atoms with Crippen molar-refractivity contribution in [3.05, 3.63) is 18.5 Å². The molecule has 1 saturated heterocycles. The lowest BCUT2D eigenvalue weighted by molar-refractivity contribution is -0.131. The predicted molar refractivity (Wildman–Crippen MR) is 82.7 cm³/mol. The van der Waals surface area contributed by atoms with Gasteiger partial charge in [-0.3, -0.25) is 20.4 Å². The van der Waals surface area contributed by atoms with E-state index >= 15 is 0 Å². The Labute approximate surface area is 130 Å². The highest BCUT2D eigenvalue weighted by Crippen LogP contribution is 2.20. The Kier molecular flexibility index (Phi) is 5.68. The van der Waals surface area contributed by atoms with Gasteiger partial charge in [0.25, 0.3) is 0 Å². The van der Waals surface area contributed by atoms with E-state index in [-0.39, 0.29) is 23.7 Å². The molecular weight excluding hydrogens is 282 g/mol. The number of hydrazine groups is 1. The summed E-state index contributed by atoms with van der Waals surface area (Å²) < 4.78 is 0. The van der Waals surface area contributed by atoms with Crippen LogP contribution in [0.1, 0.15) is 33.1 Å². The molecule has 2 heterocycles. The highest BCUT2D eigenvalue weighted by Gasteiger charge is 2.26. The first kappa shape index (κ1) is 16.2. The fourth-order valence-corrected chi connectivity index (χ4v) is 2.45. The van der Waals surface area contributed by atoms with E-state index in [0.717, 1.165) is 25.9 Å². The van der Waals surface area contributed by atoms with Crippen molar-refractivity contribution >= 4 is 17.8 Å². The van der Waals surface area contributed by atoms with Crippen LogP contribution >= 0.6 is 0 Å². The Hall–Kier alpha value is -2.18. The van der Waals surface area contributed by atoms with Gasteiger partial charge in [-0.05, 0) is 24.8 Å². The minimum Gasteiger partial charge on any atom is -0.341 e. The molecule has 1 aliphatic rings. The van der Waals surface area contributed by atoms with Crippen LogP contribution in [0.25, 0.3) is 0 Å². The lowest BCUT2D eigenvalue weighted by Gasteiger charge is -2.31. The first-order valence-electron chi connectivity index (χ1n) is 7.67. The quantitative estimate of drug-likeness (QED) is 0.807. The Morgan fingerprint density at radius 1 is 1.23 bits per heavy atom. The highest BCUT2D eigenvalue weighted by atomic mass is 16.2. The first-order chi connectivity index (χ1) is 10.6. The second-order valence-corrected chi connectivity index (χ2v) is 5.95. The average Bonchev–Trinajstić information content (AvgIpc) is 2.53. The molecule has 0 aliphatic carbocycles. The Morgan fingerprint density at radius 2 is 1.86 bits per heavy atom. The Bertz CT molecular complexity index is 498. The van der Waals surface area contributed by atoms with Crippen molar-refractivity contribution in [3.8, 4) is 0 Å². The van der Waals surface area contributed by atoms with Gasteiger partial charge in [0.1, 0.15) is 0 Å². The smallest absolute Gasteiger partial charge is 0.241 e. The molecule has 1 aromatic heterocycles. The van der Waals surface area contributed by atoms with Crippen LogP contribution in [0.15, 0.2) is 18.5 Å². The zero-order valence-electron chi connectivity index (χ0n) is 13.1. The van der Waals surface area contributed by atoms with Gasteiger partial charge in [0.05, 0.1) is 0 Å². The van der Waals surface area contributed by atoms with Gasteiger partial charge in [-0.1, -0.05) is 13.8 Å². The number of rotatable bonds is 4. The largest absolute Gasteiger partial charge is 0.341 e. The molecule has 7 nitrogen and oxygen atoms in total. The van der Waals surface area contributed by atoms with E-state index in [1.807, 2.05) is 13.8 Å². The summed E-state index contributed by atoms with van der Waals surface area (Å²) in [4.78, 5) is 34.1. The van der Waals surface area contributed by atoms with Crippen LogP contribution in [0.5, 0.6) is 0 Å². The second kappa shape index (κ2) is 7.72. The molecule has 0 unspecified atom stereocenters. The number of hydrogen-bond acceptors (Lipinski definition) is 5. The minimum atomic E-state index is -0.154. The molecule has 22 heavy (non-hydrogen) atoms. The third-order valence-corrected chi connectivity index (χ3v) is 3.62. The van der Waals surface area contributed by atoms with Gasteiger partial charge in [0.15, 0.2) is 0 Å². The lowest BCUT2D eigenvalue weighted by Crippen LogP contribution is -2.47. The highest BCUT2D eigenvalue weighted by molar-refractivity contribution is 5.83. The maximum Gasteiger partial charge on any atom is 0.241 e. The fraction of sp³-hybridized carbons (Fsp3) is 0.600. The standard InChI is InChI=1S/C15H23N5O2/c1-11(2)10-13(21)18-19-14(22)12-4-8-20(9-5-12)15-16-6-3-7-17-15/h3,6-7,11-12H,4-5,8-10H2,1-2H3,(H,18,21)(H,19,22). The third kappa shape index (κ3) is 4.68. The Morgan fingerprint density at radius 3 is 2.45 bits per heavy atom. The zero-order chi connectivity index (χ0) is 15.9. The van der Waals surface area contributed by atoms with Crippen LogP contribution in [0.3, 0.4) is 0 Å².